The highest BCUT2D eigenvalue weighted by Gasteiger charge is 2.15. The number of aryl methyl sites for hydroxylation is 1. The molecule has 0 radical (unpaired) electrons. The molecule has 2 rings (SSSR count). The monoisotopic (exact) mass is 336 g/mol. The van der Waals surface area contributed by atoms with Gasteiger partial charge in [0.15, 0.2) is 0 Å². The van der Waals surface area contributed by atoms with Crippen LogP contribution in [-0.2, 0) is 13.0 Å². The predicted octanol–water partition coefficient (Wildman–Crippen LogP) is 3.00. The van der Waals surface area contributed by atoms with Crippen LogP contribution in [0.2, 0.25) is 0 Å². The zero-order chi connectivity index (χ0) is 14.4. The molecule has 0 aliphatic rings. The number of aromatic nitrogens is 3. The van der Waals surface area contributed by atoms with Crippen LogP contribution < -0.4 is 5.32 Å². The van der Waals surface area contributed by atoms with E-state index in [1.54, 1.807) is 6.33 Å². The van der Waals surface area contributed by atoms with E-state index < -0.39 is 0 Å². The third-order valence-electron chi connectivity index (χ3n) is 3.41. The summed E-state index contributed by atoms with van der Waals surface area (Å²) in [6, 6.07) is 8.55. The van der Waals surface area contributed by atoms with Gasteiger partial charge in [-0.15, -0.1) is 0 Å². The molecule has 1 N–H and O–H groups in total. The van der Waals surface area contributed by atoms with E-state index in [9.17, 15) is 0 Å². The van der Waals surface area contributed by atoms with Crippen LogP contribution in [0.1, 0.15) is 31.2 Å². The molecule has 0 aliphatic heterocycles. The van der Waals surface area contributed by atoms with Gasteiger partial charge in [-0.05, 0) is 31.2 Å². The van der Waals surface area contributed by atoms with Crippen molar-refractivity contribution in [3.05, 3.63) is 46.5 Å². The maximum atomic E-state index is 4.39. The fourth-order valence-electron chi connectivity index (χ4n) is 2.29. The Labute approximate surface area is 128 Å². The molecule has 0 aliphatic carbocycles. The van der Waals surface area contributed by atoms with Crippen molar-refractivity contribution in [3.8, 4) is 0 Å². The van der Waals surface area contributed by atoms with E-state index in [-0.39, 0.29) is 0 Å². The van der Waals surface area contributed by atoms with Gasteiger partial charge in [0.05, 0.1) is 0 Å². The zero-order valence-electron chi connectivity index (χ0n) is 12.0. The van der Waals surface area contributed by atoms with Crippen molar-refractivity contribution in [2.75, 3.05) is 13.1 Å². The van der Waals surface area contributed by atoms with Gasteiger partial charge in [0.1, 0.15) is 12.2 Å². The van der Waals surface area contributed by atoms with Gasteiger partial charge in [0, 0.05) is 29.9 Å². The summed E-state index contributed by atoms with van der Waals surface area (Å²) < 4.78 is 3.08. The largest absolute Gasteiger partial charge is 0.316 e. The van der Waals surface area contributed by atoms with Crippen LogP contribution in [0.4, 0.5) is 0 Å². The summed E-state index contributed by atoms with van der Waals surface area (Å²) in [6.07, 6.45) is 2.55. The van der Waals surface area contributed by atoms with Crippen molar-refractivity contribution in [2.45, 2.75) is 32.7 Å². The van der Waals surface area contributed by atoms with Crippen molar-refractivity contribution in [1.29, 1.82) is 0 Å². The highest BCUT2D eigenvalue weighted by molar-refractivity contribution is 9.10. The number of hydrogen-bond donors (Lipinski definition) is 1. The summed E-state index contributed by atoms with van der Waals surface area (Å²) in [5.41, 5.74) is 1.33. The van der Waals surface area contributed by atoms with E-state index >= 15 is 0 Å². The van der Waals surface area contributed by atoms with E-state index in [0.29, 0.717) is 5.92 Å². The number of likely N-dealkylation sites (N-methyl/N-ethyl adjacent to an activating group) is 1. The molecule has 0 amide bonds. The maximum Gasteiger partial charge on any atom is 0.138 e. The van der Waals surface area contributed by atoms with Crippen LogP contribution in [0.25, 0.3) is 0 Å². The third-order valence-corrected chi connectivity index (χ3v) is 3.94. The number of nitrogens with zero attached hydrogens (tertiary/aromatic N) is 3. The molecule has 1 aromatic heterocycles. The molecule has 0 bridgehead atoms. The van der Waals surface area contributed by atoms with Gasteiger partial charge in [-0.2, -0.15) is 5.10 Å². The molecule has 4 nitrogen and oxygen atoms in total. The molecule has 108 valence electrons. The second kappa shape index (κ2) is 7.55. The molecular formula is C15H21BrN4. The summed E-state index contributed by atoms with van der Waals surface area (Å²) in [6.45, 7) is 7.02. The average molecular weight is 337 g/mol. The second-order valence-electron chi connectivity index (χ2n) is 4.75. The average Bonchev–Trinajstić information content (AvgIpc) is 2.91. The minimum Gasteiger partial charge on any atom is -0.316 e. The summed E-state index contributed by atoms with van der Waals surface area (Å²) >= 11 is 3.49. The number of benzene rings is 1. The van der Waals surface area contributed by atoms with Crippen molar-refractivity contribution in [1.82, 2.24) is 20.1 Å². The molecule has 1 heterocycles. The summed E-state index contributed by atoms with van der Waals surface area (Å²) in [4.78, 5) is 4.39. The molecule has 1 atom stereocenters. The fraction of sp³-hybridized carbons (Fsp3) is 0.467. The lowest BCUT2D eigenvalue weighted by atomic mass is 9.95. The molecular weight excluding hydrogens is 316 g/mol. The van der Waals surface area contributed by atoms with E-state index in [4.69, 9.17) is 0 Å². The zero-order valence-corrected chi connectivity index (χ0v) is 13.6. The minimum absolute atomic E-state index is 0.414. The quantitative estimate of drug-likeness (QED) is 0.845. The Hall–Kier alpha value is -1.20. The van der Waals surface area contributed by atoms with Gasteiger partial charge in [-0.3, -0.25) is 4.68 Å². The highest BCUT2D eigenvalue weighted by Crippen LogP contribution is 2.21. The molecule has 0 saturated heterocycles. The van der Waals surface area contributed by atoms with Gasteiger partial charge >= 0.3 is 0 Å². The second-order valence-corrected chi connectivity index (χ2v) is 5.67. The number of halogens is 1. The Morgan fingerprint density at radius 1 is 1.25 bits per heavy atom. The summed E-state index contributed by atoms with van der Waals surface area (Å²) in [5, 5.41) is 7.70. The minimum atomic E-state index is 0.414. The van der Waals surface area contributed by atoms with Gasteiger partial charge in [0.2, 0.25) is 0 Å². The van der Waals surface area contributed by atoms with Crippen LogP contribution in [-0.4, -0.2) is 27.9 Å². The first kappa shape index (κ1) is 15.2. The topological polar surface area (TPSA) is 42.7 Å². The molecule has 1 aromatic carbocycles. The van der Waals surface area contributed by atoms with E-state index in [2.05, 4.69) is 69.4 Å². The van der Waals surface area contributed by atoms with Crippen molar-refractivity contribution in [3.63, 3.8) is 0 Å². The SMILES string of the molecule is CCNCC(Cc1ncnn1CC)c1ccc(Br)cc1. The number of hydrogen-bond acceptors (Lipinski definition) is 3. The molecule has 20 heavy (non-hydrogen) atoms. The Morgan fingerprint density at radius 2 is 2.00 bits per heavy atom. The first-order valence-corrected chi connectivity index (χ1v) is 7.86. The standard InChI is InChI=1S/C15H21BrN4/c1-3-17-10-13(12-5-7-14(16)8-6-12)9-15-18-11-19-20(15)4-2/h5-8,11,13,17H,3-4,9-10H2,1-2H3. The lowest BCUT2D eigenvalue weighted by Crippen LogP contribution is -2.23. The Morgan fingerprint density at radius 3 is 2.65 bits per heavy atom. The van der Waals surface area contributed by atoms with E-state index in [1.165, 1.54) is 5.56 Å². The van der Waals surface area contributed by atoms with E-state index in [0.717, 1.165) is 36.4 Å². The predicted molar refractivity (Wildman–Crippen MR) is 84.8 cm³/mol. The number of nitrogens with one attached hydrogen (secondary N) is 1. The normalized spacial score (nSPS) is 12.6. The fourth-order valence-corrected chi connectivity index (χ4v) is 2.56. The molecule has 0 spiro atoms. The Bertz CT molecular complexity index is 521. The molecule has 5 heteroatoms. The van der Waals surface area contributed by atoms with Gasteiger partial charge in [-0.25, -0.2) is 4.98 Å². The van der Waals surface area contributed by atoms with Crippen LogP contribution in [0.15, 0.2) is 35.1 Å². The van der Waals surface area contributed by atoms with Crippen LogP contribution in [0.5, 0.6) is 0 Å². The molecule has 2 aromatic rings. The molecule has 1 unspecified atom stereocenters. The first-order valence-electron chi connectivity index (χ1n) is 7.07. The summed E-state index contributed by atoms with van der Waals surface area (Å²) in [7, 11) is 0. The lowest BCUT2D eigenvalue weighted by molar-refractivity contribution is 0.544. The maximum absolute atomic E-state index is 4.39. The van der Waals surface area contributed by atoms with Gasteiger partial charge < -0.3 is 5.32 Å². The van der Waals surface area contributed by atoms with Crippen molar-refractivity contribution >= 4 is 15.9 Å². The smallest absolute Gasteiger partial charge is 0.138 e. The molecule has 0 saturated carbocycles. The Kier molecular flexibility index (Phi) is 5.73. The third kappa shape index (κ3) is 3.90. The van der Waals surface area contributed by atoms with Crippen LogP contribution in [0, 0.1) is 0 Å². The first-order chi connectivity index (χ1) is 9.74. The lowest BCUT2D eigenvalue weighted by Gasteiger charge is -2.18. The van der Waals surface area contributed by atoms with Crippen LogP contribution in [0.3, 0.4) is 0 Å². The van der Waals surface area contributed by atoms with Gasteiger partial charge in [0.25, 0.3) is 0 Å². The number of rotatable bonds is 7. The summed E-state index contributed by atoms with van der Waals surface area (Å²) in [5.74, 6) is 1.47. The van der Waals surface area contributed by atoms with Crippen molar-refractivity contribution < 1.29 is 0 Å². The van der Waals surface area contributed by atoms with Crippen LogP contribution >= 0.6 is 15.9 Å². The van der Waals surface area contributed by atoms with E-state index in [1.807, 2.05) is 4.68 Å². The molecule has 0 fully saturated rings. The van der Waals surface area contributed by atoms with Crippen molar-refractivity contribution in [2.24, 2.45) is 0 Å². The Balaban J connectivity index is 2.17. The van der Waals surface area contributed by atoms with Gasteiger partial charge in [-0.1, -0.05) is 35.0 Å². The highest BCUT2D eigenvalue weighted by atomic mass is 79.9.